The Balaban J connectivity index is 1.75. The Hall–Kier alpha value is -1.52. The number of hydrogen-bond donors (Lipinski definition) is 0. The number of likely N-dealkylation sites (tertiary alicyclic amines) is 1. The Labute approximate surface area is 112 Å². The SMILES string of the molecule is CC(C)(C)OC(=O)N1CC[C@]23C[C@H]1CC2=CC(=O)O3. The van der Waals surface area contributed by atoms with Gasteiger partial charge < -0.3 is 14.4 Å². The summed E-state index contributed by atoms with van der Waals surface area (Å²) in [5.41, 5.74) is 0.153. The van der Waals surface area contributed by atoms with E-state index in [1.807, 2.05) is 20.8 Å². The average Bonchev–Trinajstić information content (AvgIpc) is 2.64. The molecule has 3 aliphatic rings. The minimum Gasteiger partial charge on any atom is -0.451 e. The van der Waals surface area contributed by atoms with E-state index in [2.05, 4.69) is 0 Å². The summed E-state index contributed by atoms with van der Waals surface area (Å²) in [7, 11) is 0. The molecule has 1 amide bonds. The number of rotatable bonds is 0. The van der Waals surface area contributed by atoms with E-state index in [1.54, 1.807) is 11.0 Å². The summed E-state index contributed by atoms with van der Waals surface area (Å²) in [5.74, 6) is -0.237. The standard InChI is InChI=1S/C14H19NO4/c1-13(2,3)19-12(17)15-5-4-14-8-10(15)6-9(14)7-11(16)18-14/h7,10H,4-6,8H2,1-3H3/t10-,14+/m1/s1. The number of hydrogen-bond acceptors (Lipinski definition) is 4. The van der Waals surface area contributed by atoms with Crippen molar-refractivity contribution in [3.05, 3.63) is 11.6 Å². The molecule has 0 aromatic heterocycles. The second-order valence-electron chi connectivity index (χ2n) is 6.57. The van der Waals surface area contributed by atoms with Crippen molar-refractivity contribution in [2.45, 2.75) is 57.3 Å². The van der Waals surface area contributed by atoms with Crippen LogP contribution in [0, 0.1) is 0 Å². The summed E-state index contributed by atoms with van der Waals surface area (Å²) in [6, 6.07) is 0.1000. The van der Waals surface area contributed by atoms with Crippen LogP contribution in [0.5, 0.6) is 0 Å². The molecule has 2 fully saturated rings. The summed E-state index contributed by atoms with van der Waals surface area (Å²) in [4.78, 5) is 25.3. The van der Waals surface area contributed by atoms with E-state index < -0.39 is 11.2 Å². The van der Waals surface area contributed by atoms with Crippen molar-refractivity contribution in [3.8, 4) is 0 Å². The maximum Gasteiger partial charge on any atom is 0.410 e. The molecule has 2 aliphatic heterocycles. The largest absolute Gasteiger partial charge is 0.451 e. The van der Waals surface area contributed by atoms with Crippen LogP contribution >= 0.6 is 0 Å². The average molecular weight is 265 g/mol. The van der Waals surface area contributed by atoms with Crippen LogP contribution in [0.2, 0.25) is 0 Å². The Kier molecular flexibility index (Phi) is 2.46. The van der Waals surface area contributed by atoms with Crippen molar-refractivity contribution in [2.75, 3.05) is 6.54 Å². The number of nitrogens with zero attached hydrogens (tertiary/aromatic N) is 1. The van der Waals surface area contributed by atoms with Gasteiger partial charge in [0, 0.05) is 31.5 Å². The molecule has 1 aliphatic carbocycles. The minimum atomic E-state index is -0.480. The van der Waals surface area contributed by atoms with Gasteiger partial charge in [0.2, 0.25) is 0 Å². The van der Waals surface area contributed by atoms with Crippen LogP contribution < -0.4 is 0 Å². The first-order valence-corrected chi connectivity index (χ1v) is 6.73. The molecule has 1 saturated carbocycles. The fraction of sp³-hybridized carbons (Fsp3) is 0.714. The first-order valence-electron chi connectivity index (χ1n) is 6.73. The normalized spacial score (nSPS) is 32.8. The zero-order chi connectivity index (χ0) is 13.8. The molecule has 1 saturated heterocycles. The van der Waals surface area contributed by atoms with Gasteiger partial charge in [0.05, 0.1) is 0 Å². The fourth-order valence-corrected chi connectivity index (χ4v) is 3.26. The molecule has 2 bridgehead atoms. The number of amides is 1. The number of ether oxygens (including phenoxy) is 2. The number of esters is 1. The van der Waals surface area contributed by atoms with Gasteiger partial charge in [0.25, 0.3) is 0 Å². The Morgan fingerprint density at radius 1 is 1.53 bits per heavy atom. The van der Waals surface area contributed by atoms with Crippen molar-refractivity contribution in [2.24, 2.45) is 0 Å². The fourth-order valence-electron chi connectivity index (χ4n) is 3.26. The molecular weight excluding hydrogens is 246 g/mol. The molecule has 2 atom stereocenters. The first kappa shape index (κ1) is 12.5. The molecule has 0 aromatic rings. The van der Waals surface area contributed by atoms with Gasteiger partial charge in [-0.15, -0.1) is 0 Å². The maximum absolute atomic E-state index is 12.2. The zero-order valence-corrected chi connectivity index (χ0v) is 11.6. The Morgan fingerprint density at radius 2 is 2.26 bits per heavy atom. The van der Waals surface area contributed by atoms with E-state index in [9.17, 15) is 9.59 Å². The molecule has 1 spiro atoms. The lowest BCUT2D eigenvalue weighted by atomic mass is 9.91. The molecule has 0 unspecified atom stereocenters. The quantitative estimate of drug-likeness (QED) is 0.629. The van der Waals surface area contributed by atoms with Gasteiger partial charge >= 0.3 is 12.1 Å². The molecular formula is C14H19NO4. The van der Waals surface area contributed by atoms with Gasteiger partial charge in [-0.3, -0.25) is 0 Å². The van der Waals surface area contributed by atoms with Gasteiger partial charge in [-0.05, 0) is 32.8 Å². The second kappa shape index (κ2) is 3.74. The van der Waals surface area contributed by atoms with Gasteiger partial charge in [-0.1, -0.05) is 0 Å². The van der Waals surface area contributed by atoms with Crippen LogP contribution in [0.1, 0.15) is 40.0 Å². The van der Waals surface area contributed by atoms with Crippen molar-refractivity contribution in [1.82, 2.24) is 4.90 Å². The summed E-state index contributed by atoms with van der Waals surface area (Å²) in [6.45, 7) is 6.18. The van der Waals surface area contributed by atoms with Crippen molar-refractivity contribution < 1.29 is 19.1 Å². The van der Waals surface area contributed by atoms with Crippen LogP contribution in [0.4, 0.5) is 4.79 Å². The molecule has 0 radical (unpaired) electrons. The molecule has 5 heteroatoms. The van der Waals surface area contributed by atoms with Crippen LogP contribution in [0.15, 0.2) is 11.6 Å². The third-order valence-corrected chi connectivity index (χ3v) is 4.02. The maximum atomic E-state index is 12.2. The highest BCUT2D eigenvalue weighted by Gasteiger charge is 2.55. The number of fused-ring (bicyclic) bond motifs is 1. The van der Waals surface area contributed by atoms with Gasteiger partial charge in [-0.2, -0.15) is 0 Å². The molecule has 3 rings (SSSR count). The second-order valence-corrected chi connectivity index (χ2v) is 6.57. The van der Waals surface area contributed by atoms with E-state index >= 15 is 0 Å². The third kappa shape index (κ3) is 2.01. The topological polar surface area (TPSA) is 55.8 Å². The number of piperidine rings is 1. The van der Waals surface area contributed by atoms with Crippen molar-refractivity contribution in [1.29, 1.82) is 0 Å². The lowest BCUT2D eigenvalue weighted by Crippen LogP contribution is -2.49. The molecule has 19 heavy (non-hydrogen) atoms. The van der Waals surface area contributed by atoms with E-state index in [0.29, 0.717) is 19.4 Å². The first-order chi connectivity index (χ1) is 8.79. The van der Waals surface area contributed by atoms with E-state index in [-0.39, 0.29) is 18.1 Å². The molecule has 0 N–H and O–H groups in total. The Bertz CT molecular complexity index is 476. The van der Waals surface area contributed by atoms with Crippen molar-refractivity contribution in [3.63, 3.8) is 0 Å². The third-order valence-electron chi connectivity index (χ3n) is 4.02. The highest BCUT2D eigenvalue weighted by atomic mass is 16.6. The molecule has 2 heterocycles. The summed E-state index contributed by atoms with van der Waals surface area (Å²) in [6.07, 6.45) is 3.45. The minimum absolute atomic E-state index is 0.1000. The van der Waals surface area contributed by atoms with Gasteiger partial charge in [0.1, 0.15) is 11.2 Å². The van der Waals surface area contributed by atoms with Crippen molar-refractivity contribution >= 4 is 12.1 Å². The van der Waals surface area contributed by atoms with E-state index in [0.717, 1.165) is 12.0 Å². The van der Waals surface area contributed by atoms with E-state index in [1.165, 1.54) is 0 Å². The van der Waals surface area contributed by atoms with Crippen LogP contribution in [0.25, 0.3) is 0 Å². The predicted molar refractivity (Wildman–Crippen MR) is 67.5 cm³/mol. The number of carbonyl (C=O) groups is 2. The lowest BCUT2D eigenvalue weighted by molar-refractivity contribution is -0.148. The highest BCUT2D eigenvalue weighted by molar-refractivity contribution is 5.87. The zero-order valence-electron chi connectivity index (χ0n) is 11.6. The van der Waals surface area contributed by atoms with E-state index in [4.69, 9.17) is 9.47 Å². The van der Waals surface area contributed by atoms with Crippen LogP contribution in [-0.2, 0) is 14.3 Å². The predicted octanol–water partition coefficient (Wildman–Crippen LogP) is 2.01. The lowest BCUT2D eigenvalue weighted by Gasteiger charge is -2.38. The summed E-state index contributed by atoms with van der Waals surface area (Å²) < 4.78 is 10.9. The summed E-state index contributed by atoms with van der Waals surface area (Å²) in [5, 5.41) is 0. The number of carbonyl (C=O) groups excluding carboxylic acids is 2. The smallest absolute Gasteiger partial charge is 0.410 e. The van der Waals surface area contributed by atoms with Gasteiger partial charge in [0.15, 0.2) is 0 Å². The van der Waals surface area contributed by atoms with Gasteiger partial charge in [-0.25, -0.2) is 9.59 Å². The van der Waals surface area contributed by atoms with Crippen LogP contribution in [0.3, 0.4) is 0 Å². The molecule has 0 aromatic carbocycles. The van der Waals surface area contributed by atoms with Crippen LogP contribution in [-0.4, -0.2) is 40.8 Å². The summed E-state index contributed by atoms with van der Waals surface area (Å²) >= 11 is 0. The molecule has 104 valence electrons. The molecule has 5 nitrogen and oxygen atoms in total. The Morgan fingerprint density at radius 3 is 2.95 bits per heavy atom. The monoisotopic (exact) mass is 265 g/mol. The highest BCUT2D eigenvalue weighted by Crippen LogP contribution is 2.49.